The van der Waals surface area contributed by atoms with Crippen LogP contribution in [0.15, 0.2) is 15.8 Å². The zero-order chi connectivity index (χ0) is 8.72. The molecule has 0 fully saturated rings. The molecule has 0 atom stereocenters. The molecule has 1 aliphatic rings. The monoisotopic (exact) mass is 201 g/mol. The van der Waals surface area contributed by atoms with E-state index in [1.807, 2.05) is 0 Å². The van der Waals surface area contributed by atoms with Crippen LogP contribution in [-0.4, -0.2) is 4.57 Å². The average molecular weight is 202 g/mol. The van der Waals surface area contributed by atoms with Crippen LogP contribution in [0.2, 0.25) is 5.02 Å². The number of hydrogen-bond donors (Lipinski definition) is 1. The number of nitrogens with zero attached hydrogens (tertiary/aromatic N) is 1. The summed E-state index contributed by atoms with van der Waals surface area (Å²) < 4.78 is 1.74. The summed E-state index contributed by atoms with van der Waals surface area (Å²) >= 11 is 10.1. The average Bonchev–Trinajstić information content (AvgIpc) is 2.48. The van der Waals surface area contributed by atoms with E-state index in [1.54, 1.807) is 4.57 Å². The zero-order valence-corrected chi connectivity index (χ0v) is 8.03. The van der Waals surface area contributed by atoms with E-state index in [0.717, 1.165) is 30.0 Å². The Morgan fingerprint density at radius 3 is 3.08 bits per heavy atom. The minimum absolute atomic E-state index is 0.00898. The molecular formula is C8H8ClNOS. The van der Waals surface area contributed by atoms with Crippen molar-refractivity contribution in [1.82, 2.24) is 4.57 Å². The molecule has 1 aliphatic heterocycles. The van der Waals surface area contributed by atoms with Crippen LogP contribution in [0.25, 0.3) is 0 Å². The van der Waals surface area contributed by atoms with E-state index in [1.165, 1.54) is 6.07 Å². The van der Waals surface area contributed by atoms with Crippen molar-refractivity contribution in [2.75, 3.05) is 0 Å². The number of hydrogen-bond acceptors (Lipinski definition) is 2. The van der Waals surface area contributed by atoms with Crippen LogP contribution < -0.4 is 5.56 Å². The summed E-state index contributed by atoms with van der Waals surface area (Å²) in [5.41, 5.74) is 0.973. The molecule has 4 heteroatoms. The van der Waals surface area contributed by atoms with Crippen molar-refractivity contribution in [3.8, 4) is 0 Å². The molecule has 0 amide bonds. The van der Waals surface area contributed by atoms with Crippen molar-refractivity contribution in [1.29, 1.82) is 0 Å². The van der Waals surface area contributed by atoms with Gasteiger partial charge in [-0.25, -0.2) is 0 Å². The molecule has 12 heavy (non-hydrogen) atoms. The fraction of sp³-hybridized carbons (Fsp3) is 0.375. The van der Waals surface area contributed by atoms with Crippen LogP contribution in [0.5, 0.6) is 0 Å². The first-order valence-electron chi connectivity index (χ1n) is 3.81. The predicted octanol–water partition coefficient (Wildman–Crippen LogP) is 1.74. The van der Waals surface area contributed by atoms with Gasteiger partial charge in [0.1, 0.15) is 0 Å². The van der Waals surface area contributed by atoms with Crippen LogP contribution >= 0.6 is 24.2 Å². The van der Waals surface area contributed by atoms with Gasteiger partial charge in [0, 0.05) is 23.2 Å². The van der Waals surface area contributed by atoms with Crippen molar-refractivity contribution in [2.45, 2.75) is 24.3 Å². The summed E-state index contributed by atoms with van der Waals surface area (Å²) in [6.45, 7) is 0.804. The van der Waals surface area contributed by atoms with Crippen molar-refractivity contribution in [2.24, 2.45) is 0 Å². The summed E-state index contributed by atoms with van der Waals surface area (Å²) in [6, 6.07) is 1.43. The van der Waals surface area contributed by atoms with Gasteiger partial charge in [0.2, 0.25) is 0 Å². The largest absolute Gasteiger partial charge is 0.311 e. The lowest BCUT2D eigenvalue weighted by Gasteiger charge is -2.05. The first-order chi connectivity index (χ1) is 5.70. The third kappa shape index (κ3) is 1.08. The summed E-state index contributed by atoms with van der Waals surface area (Å²) in [4.78, 5) is 12.1. The molecule has 2 nitrogen and oxygen atoms in total. The molecule has 0 unspecified atom stereocenters. The Bertz CT molecular complexity index is 385. The van der Waals surface area contributed by atoms with Crippen molar-refractivity contribution in [3.63, 3.8) is 0 Å². The van der Waals surface area contributed by atoms with Crippen molar-refractivity contribution < 1.29 is 0 Å². The lowest BCUT2D eigenvalue weighted by molar-refractivity contribution is 0.716. The lowest BCUT2D eigenvalue weighted by atomic mass is 10.3. The van der Waals surface area contributed by atoms with Gasteiger partial charge in [0.15, 0.2) is 0 Å². The first-order valence-corrected chi connectivity index (χ1v) is 4.64. The van der Waals surface area contributed by atoms with Gasteiger partial charge >= 0.3 is 0 Å². The third-order valence-corrected chi connectivity index (χ3v) is 3.07. The maximum absolute atomic E-state index is 11.3. The minimum Gasteiger partial charge on any atom is -0.311 e. The second-order valence-electron chi connectivity index (χ2n) is 2.88. The number of aromatic nitrogens is 1. The van der Waals surface area contributed by atoms with Crippen molar-refractivity contribution in [3.05, 3.63) is 27.1 Å². The molecule has 1 aromatic heterocycles. The van der Waals surface area contributed by atoms with E-state index in [0.29, 0.717) is 5.02 Å². The van der Waals surface area contributed by atoms with Crippen LogP contribution in [0.3, 0.4) is 0 Å². The second kappa shape index (κ2) is 2.82. The number of rotatable bonds is 0. The number of halogens is 1. The van der Waals surface area contributed by atoms with Gasteiger partial charge < -0.3 is 4.57 Å². The SMILES string of the molecule is O=c1cc(Cl)c(S)c2n1CCC2. The van der Waals surface area contributed by atoms with E-state index in [2.05, 4.69) is 12.6 Å². The molecule has 0 bridgehead atoms. The van der Waals surface area contributed by atoms with Crippen LogP contribution in [0, 0.1) is 0 Å². The first kappa shape index (κ1) is 8.20. The number of fused-ring (bicyclic) bond motifs is 1. The van der Waals surface area contributed by atoms with E-state index in [9.17, 15) is 4.79 Å². The molecule has 2 heterocycles. The van der Waals surface area contributed by atoms with Gasteiger partial charge in [0.25, 0.3) is 5.56 Å². The molecule has 2 rings (SSSR count). The molecule has 0 saturated carbocycles. The molecule has 64 valence electrons. The summed E-state index contributed by atoms with van der Waals surface area (Å²) in [5, 5.41) is 0.469. The summed E-state index contributed by atoms with van der Waals surface area (Å²) in [7, 11) is 0. The van der Waals surface area contributed by atoms with Crippen LogP contribution in [-0.2, 0) is 13.0 Å². The normalized spacial score (nSPS) is 14.8. The highest BCUT2D eigenvalue weighted by molar-refractivity contribution is 7.80. The standard InChI is InChI=1S/C8H8ClNOS/c9-5-4-7(11)10-3-1-2-6(10)8(5)12/h4,12H,1-3H2. The smallest absolute Gasteiger partial charge is 0.252 e. The molecule has 0 spiro atoms. The topological polar surface area (TPSA) is 22.0 Å². The molecule has 0 N–H and O–H groups in total. The Kier molecular flexibility index (Phi) is 1.93. The fourth-order valence-corrected chi connectivity index (χ4v) is 2.06. The Hall–Kier alpha value is -0.410. The van der Waals surface area contributed by atoms with Crippen molar-refractivity contribution >= 4 is 24.2 Å². The summed E-state index contributed by atoms with van der Waals surface area (Å²) in [5.74, 6) is 0. The maximum Gasteiger partial charge on any atom is 0.252 e. The Balaban J connectivity index is 2.78. The van der Waals surface area contributed by atoms with Gasteiger partial charge in [-0.3, -0.25) is 4.79 Å². The molecule has 0 radical (unpaired) electrons. The zero-order valence-electron chi connectivity index (χ0n) is 6.38. The third-order valence-electron chi connectivity index (χ3n) is 2.14. The highest BCUT2D eigenvalue weighted by atomic mass is 35.5. The fourth-order valence-electron chi connectivity index (χ4n) is 1.56. The molecule has 0 aromatic carbocycles. The molecule has 0 aliphatic carbocycles. The molecule has 0 saturated heterocycles. The van der Waals surface area contributed by atoms with E-state index in [4.69, 9.17) is 11.6 Å². The molecular weight excluding hydrogens is 194 g/mol. The second-order valence-corrected chi connectivity index (χ2v) is 3.74. The minimum atomic E-state index is -0.00898. The predicted molar refractivity (Wildman–Crippen MR) is 51.3 cm³/mol. The number of pyridine rings is 1. The van der Waals surface area contributed by atoms with E-state index < -0.39 is 0 Å². The van der Waals surface area contributed by atoms with Gasteiger partial charge in [-0.2, -0.15) is 0 Å². The van der Waals surface area contributed by atoms with Crippen LogP contribution in [0.4, 0.5) is 0 Å². The Labute approximate surface area is 80.6 Å². The Morgan fingerprint density at radius 1 is 1.58 bits per heavy atom. The summed E-state index contributed by atoms with van der Waals surface area (Å²) in [6.07, 6.45) is 1.93. The molecule has 1 aromatic rings. The van der Waals surface area contributed by atoms with E-state index >= 15 is 0 Å². The maximum atomic E-state index is 11.3. The van der Waals surface area contributed by atoms with Gasteiger partial charge in [0.05, 0.1) is 5.02 Å². The van der Waals surface area contributed by atoms with E-state index in [-0.39, 0.29) is 5.56 Å². The number of thiol groups is 1. The van der Waals surface area contributed by atoms with Gasteiger partial charge in [-0.15, -0.1) is 12.6 Å². The highest BCUT2D eigenvalue weighted by Crippen LogP contribution is 2.26. The lowest BCUT2D eigenvalue weighted by Crippen LogP contribution is -2.18. The van der Waals surface area contributed by atoms with Crippen LogP contribution in [0.1, 0.15) is 12.1 Å². The highest BCUT2D eigenvalue weighted by Gasteiger charge is 2.16. The van der Waals surface area contributed by atoms with Gasteiger partial charge in [-0.05, 0) is 12.8 Å². The quantitative estimate of drug-likeness (QED) is 0.635. The Morgan fingerprint density at radius 2 is 2.33 bits per heavy atom. The van der Waals surface area contributed by atoms with Gasteiger partial charge in [-0.1, -0.05) is 11.6 Å².